The maximum Gasteiger partial charge on any atom is 0.249 e. The van der Waals surface area contributed by atoms with Crippen LogP contribution in [0.2, 0.25) is 0 Å². The number of pyridine rings is 1. The van der Waals surface area contributed by atoms with E-state index in [2.05, 4.69) is 20.5 Å². The maximum absolute atomic E-state index is 11.8. The van der Waals surface area contributed by atoms with E-state index in [9.17, 15) is 4.79 Å². The van der Waals surface area contributed by atoms with Gasteiger partial charge in [0.05, 0.1) is 5.56 Å². The van der Waals surface area contributed by atoms with Crippen LogP contribution in [0.3, 0.4) is 0 Å². The molecule has 0 saturated carbocycles. The van der Waals surface area contributed by atoms with Crippen molar-refractivity contribution in [2.75, 3.05) is 6.54 Å². The minimum absolute atomic E-state index is 0.0193. The molecule has 1 N–H and O–H groups in total. The molecule has 122 valence electrons. The van der Waals surface area contributed by atoms with Crippen molar-refractivity contribution in [1.82, 2.24) is 20.5 Å². The van der Waals surface area contributed by atoms with Crippen LogP contribution in [0, 0.1) is 0 Å². The van der Waals surface area contributed by atoms with E-state index in [4.69, 9.17) is 4.42 Å². The van der Waals surface area contributed by atoms with Gasteiger partial charge in [0, 0.05) is 31.8 Å². The van der Waals surface area contributed by atoms with Gasteiger partial charge in [-0.05, 0) is 24.1 Å². The van der Waals surface area contributed by atoms with Crippen molar-refractivity contribution in [2.45, 2.75) is 19.3 Å². The van der Waals surface area contributed by atoms with Gasteiger partial charge in [0.2, 0.25) is 17.7 Å². The minimum atomic E-state index is 0.0193. The second-order valence-corrected chi connectivity index (χ2v) is 5.33. The van der Waals surface area contributed by atoms with E-state index in [1.807, 2.05) is 42.5 Å². The molecule has 0 atom stereocenters. The Labute approximate surface area is 140 Å². The zero-order valence-corrected chi connectivity index (χ0v) is 13.2. The SMILES string of the molecule is O=C(CCc1ccccc1)NCCc1nnc(-c2cccnc2)o1. The first-order chi connectivity index (χ1) is 11.8. The molecule has 0 spiro atoms. The molecule has 0 fully saturated rings. The quantitative estimate of drug-likeness (QED) is 0.722. The van der Waals surface area contributed by atoms with Crippen molar-refractivity contribution >= 4 is 5.91 Å². The van der Waals surface area contributed by atoms with Gasteiger partial charge in [0.15, 0.2) is 0 Å². The zero-order valence-electron chi connectivity index (χ0n) is 13.2. The molecule has 6 heteroatoms. The number of nitrogens with one attached hydrogen (secondary N) is 1. The summed E-state index contributed by atoms with van der Waals surface area (Å²) in [4.78, 5) is 15.9. The van der Waals surface area contributed by atoms with Crippen molar-refractivity contribution in [1.29, 1.82) is 0 Å². The van der Waals surface area contributed by atoms with Crippen molar-refractivity contribution in [2.24, 2.45) is 0 Å². The fraction of sp³-hybridized carbons (Fsp3) is 0.222. The smallest absolute Gasteiger partial charge is 0.249 e. The van der Waals surface area contributed by atoms with E-state index in [0.29, 0.717) is 31.2 Å². The molecule has 2 heterocycles. The van der Waals surface area contributed by atoms with Crippen LogP contribution >= 0.6 is 0 Å². The standard InChI is InChI=1S/C18H18N4O2/c23-16(9-8-14-5-2-1-3-6-14)20-12-10-17-21-22-18(24-17)15-7-4-11-19-13-15/h1-7,11,13H,8-10,12H2,(H,20,23). The molecule has 0 bridgehead atoms. The number of hydrogen-bond donors (Lipinski definition) is 1. The van der Waals surface area contributed by atoms with Crippen LogP contribution in [0.1, 0.15) is 17.9 Å². The summed E-state index contributed by atoms with van der Waals surface area (Å²) in [6, 6.07) is 13.6. The first-order valence-electron chi connectivity index (χ1n) is 7.84. The van der Waals surface area contributed by atoms with Crippen molar-refractivity contribution in [3.8, 4) is 11.5 Å². The third kappa shape index (κ3) is 4.49. The number of aryl methyl sites for hydroxylation is 1. The third-order valence-electron chi connectivity index (χ3n) is 3.52. The van der Waals surface area contributed by atoms with Crippen LogP contribution in [0.15, 0.2) is 59.3 Å². The molecule has 3 rings (SSSR count). The fourth-order valence-corrected chi connectivity index (χ4v) is 2.26. The van der Waals surface area contributed by atoms with E-state index in [1.54, 1.807) is 12.4 Å². The lowest BCUT2D eigenvalue weighted by Crippen LogP contribution is -2.25. The molecule has 1 aromatic carbocycles. The Morgan fingerprint density at radius 3 is 2.71 bits per heavy atom. The maximum atomic E-state index is 11.8. The Morgan fingerprint density at radius 1 is 1.04 bits per heavy atom. The van der Waals surface area contributed by atoms with Crippen molar-refractivity contribution in [3.05, 3.63) is 66.3 Å². The van der Waals surface area contributed by atoms with E-state index >= 15 is 0 Å². The van der Waals surface area contributed by atoms with Gasteiger partial charge in [-0.25, -0.2) is 0 Å². The van der Waals surface area contributed by atoms with Gasteiger partial charge >= 0.3 is 0 Å². The molecule has 24 heavy (non-hydrogen) atoms. The molecule has 0 radical (unpaired) electrons. The summed E-state index contributed by atoms with van der Waals surface area (Å²) in [6.07, 6.45) is 5.06. The van der Waals surface area contributed by atoms with E-state index in [1.165, 1.54) is 0 Å². The Balaban J connectivity index is 1.42. The molecule has 2 aromatic heterocycles. The van der Waals surface area contributed by atoms with Gasteiger partial charge in [0.1, 0.15) is 0 Å². The number of carbonyl (C=O) groups excluding carboxylic acids is 1. The summed E-state index contributed by atoms with van der Waals surface area (Å²) in [7, 11) is 0. The van der Waals surface area contributed by atoms with Gasteiger partial charge in [-0.3, -0.25) is 9.78 Å². The number of aromatic nitrogens is 3. The van der Waals surface area contributed by atoms with E-state index in [-0.39, 0.29) is 5.91 Å². The number of nitrogens with zero attached hydrogens (tertiary/aromatic N) is 3. The minimum Gasteiger partial charge on any atom is -0.421 e. The van der Waals surface area contributed by atoms with Crippen LogP contribution in [-0.2, 0) is 17.6 Å². The number of carbonyl (C=O) groups is 1. The topological polar surface area (TPSA) is 80.9 Å². The Bertz CT molecular complexity index is 772. The largest absolute Gasteiger partial charge is 0.421 e. The highest BCUT2D eigenvalue weighted by Gasteiger charge is 2.09. The predicted octanol–water partition coefficient (Wildman–Crippen LogP) is 2.42. The molecule has 1 amide bonds. The van der Waals surface area contributed by atoms with Gasteiger partial charge in [-0.2, -0.15) is 0 Å². The molecular formula is C18H18N4O2. The number of hydrogen-bond acceptors (Lipinski definition) is 5. The molecule has 0 aliphatic heterocycles. The fourth-order valence-electron chi connectivity index (χ4n) is 2.26. The van der Waals surface area contributed by atoms with Gasteiger partial charge in [-0.15, -0.1) is 10.2 Å². The highest BCUT2D eigenvalue weighted by molar-refractivity contribution is 5.76. The lowest BCUT2D eigenvalue weighted by atomic mass is 10.1. The molecule has 6 nitrogen and oxygen atoms in total. The Hall–Kier alpha value is -3.02. The second-order valence-electron chi connectivity index (χ2n) is 5.33. The summed E-state index contributed by atoms with van der Waals surface area (Å²) in [6.45, 7) is 0.475. The molecule has 0 aliphatic carbocycles. The van der Waals surface area contributed by atoms with E-state index < -0.39 is 0 Å². The second kappa shape index (κ2) is 8.01. The average molecular weight is 322 g/mol. The molecular weight excluding hydrogens is 304 g/mol. The monoisotopic (exact) mass is 322 g/mol. The average Bonchev–Trinajstić information content (AvgIpc) is 3.11. The highest BCUT2D eigenvalue weighted by atomic mass is 16.4. The Morgan fingerprint density at radius 2 is 1.92 bits per heavy atom. The van der Waals surface area contributed by atoms with Crippen LogP contribution in [0.4, 0.5) is 0 Å². The first kappa shape index (κ1) is 15.9. The first-order valence-corrected chi connectivity index (χ1v) is 7.84. The normalized spacial score (nSPS) is 10.5. The molecule has 0 saturated heterocycles. The number of amides is 1. The van der Waals surface area contributed by atoms with Gasteiger partial charge < -0.3 is 9.73 Å². The summed E-state index contributed by atoms with van der Waals surface area (Å²) in [5.74, 6) is 0.955. The van der Waals surface area contributed by atoms with Crippen LogP contribution < -0.4 is 5.32 Å². The van der Waals surface area contributed by atoms with Crippen LogP contribution in [-0.4, -0.2) is 27.6 Å². The van der Waals surface area contributed by atoms with Crippen LogP contribution in [0.25, 0.3) is 11.5 Å². The van der Waals surface area contributed by atoms with Crippen molar-refractivity contribution < 1.29 is 9.21 Å². The Kier molecular flexibility index (Phi) is 5.29. The summed E-state index contributed by atoms with van der Waals surface area (Å²) >= 11 is 0. The summed E-state index contributed by atoms with van der Waals surface area (Å²) in [5.41, 5.74) is 1.94. The van der Waals surface area contributed by atoms with Crippen LogP contribution in [0.5, 0.6) is 0 Å². The predicted molar refractivity (Wildman–Crippen MR) is 89.0 cm³/mol. The number of rotatable bonds is 7. The molecule has 3 aromatic rings. The van der Waals surface area contributed by atoms with Gasteiger partial charge in [-0.1, -0.05) is 30.3 Å². The lowest BCUT2D eigenvalue weighted by Gasteiger charge is -2.03. The van der Waals surface area contributed by atoms with Gasteiger partial charge in [0.25, 0.3) is 0 Å². The summed E-state index contributed by atoms with van der Waals surface area (Å²) in [5, 5.41) is 10.8. The zero-order chi connectivity index (χ0) is 16.6. The lowest BCUT2D eigenvalue weighted by molar-refractivity contribution is -0.121. The highest BCUT2D eigenvalue weighted by Crippen LogP contribution is 2.15. The summed E-state index contributed by atoms with van der Waals surface area (Å²) < 4.78 is 5.57. The van der Waals surface area contributed by atoms with E-state index in [0.717, 1.165) is 17.5 Å². The molecule has 0 unspecified atom stereocenters. The van der Waals surface area contributed by atoms with Crippen molar-refractivity contribution in [3.63, 3.8) is 0 Å². The number of benzene rings is 1. The molecule has 0 aliphatic rings. The third-order valence-corrected chi connectivity index (χ3v) is 3.52.